The van der Waals surface area contributed by atoms with Crippen LogP contribution >= 0.6 is 15.9 Å². The van der Waals surface area contributed by atoms with Crippen molar-refractivity contribution in [2.75, 3.05) is 10.5 Å². The summed E-state index contributed by atoms with van der Waals surface area (Å²) in [5.74, 6) is -0.582. The standard InChI is InChI=1S/C14H14BrFN2O2S/c1-10-8-12(15)13(16)9-14(10)18-21(19,20)7-4-11-2-5-17-6-3-11/h2-3,5-6,8-9,18H,4,7H2,1H3. The smallest absolute Gasteiger partial charge is 0.233 e. The van der Waals surface area contributed by atoms with Crippen LogP contribution in [0.4, 0.5) is 10.1 Å². The third-order valence-corrected chi connectivity index (χ3v) is 4.82. The molecule has 0 saturated carbocycles. The molecule has 0 fully saturated rings. The summed E-state index contributed by atoms with van der Waals surface area (Å²) >= 11 is 3.06. The molecule has 1 aromatic heterocycles. The predicted molar refractivity (Wildman–Crippen MR) is 84.2 cm³/mol. The van der Waals surface area contributed by atoms with Gasteiger partial charge in [-0.1, -0.05) is 0 Å². The zero-order valence-electron chi connectivity index (χ0n) is 11.3. The van der Waals surface area contributed by atoms with Crippen LogP contribution in [0.3, 0.4) is 0 Å². The van der Waals surface area contributed by atoms with Crippen LogP contribution in [0, 0.1) is 12.7 Å². The van der Waals surface area contributed by atoms with Gasteiger partial charge in [-0.3, -0.25) is 9.71 Å². The average Bonchev–Trinajstić information content (AvgIpc) is 2.44. The predicted octanol–water partition coefficient (Wildman–Crippen LogP) is 3.28. The third kappa shape index (κ3) is 4.50. The zero-order chi connectivity index (χ0) is 15.5. The minimum Gasteiger partial charge on any atom is -0.283 e. The monoisotopic (exact) mass is 372 g/mol. The maximum atomic E-state index is 13.5. The van der Waals surface area contributed by atoms with Crippen LogP contribution in [0.5, 0.6) is 0 Å². The highest BCUT2D eigenvalue weighted by atomic mass is 79.9. The molecule has 4 nitrogen and oxygen atoms in total. The molecular weight excluding hydrogens is 359 g/mol. The van der Waals surface area contributed by atoms with Crippen molar-refractivity contribution in [3.63, 3.8) is 0 Å². The number of sulfonamides is 1. The van der Waals surface area contributed by atoms with Gasteiger partial charge in [0.25, 0.3) is 0 Å². The molecule has 2 rings (SSSR count). The highest BCUT2D eigenvalue weighted by Crippen LogP contribution is 2.24. The van der Waals surface area contributed by atoms with Crippen molar-refractivity contribution < 1.29 is 12.8 Å². The quantitative estimate of drug-likeness (QED) is 0.875. The van der Waals surface area contributed by atoms with Gasteiger partial charge in [0.15, 0.2) is 0 Å². The van der Waals surface area contributed by atoms with Crippen LogP contribution in [-0.2, 0) is 16.4 Å². The van der Waals surface area contributed by atoms with Gasteiger partial charge in [0.1, 0.15) is 5.82 Å². The molecule has 0 aliphatic heterocycles. The average molecular weight is 373 g/mol. The third-order valence-electron chi connectivity index (χ3n) is 2.94. The van der Waals surface area contributed by atoms with Crippen LogP contribution < -0.4 is 4.72 Å². The second-order valence-corrected chi connectivity index (χ2v) is 7.30. The highest BCUT2D eigenvalue weighted by Gasteiger charge is 2.14. The van der Waals surface area contributed by atoms with E-state index in [0.29, 0.717) is 16.5 Å². The van der Waals surface area contributed by atoms with Crippen LogP contribution in [0.15, 0.2) is 41.1 Å². The SMILES string of the molecule is Cc1cc(Br)c(F)cc1NS(=O)(=O)CCc1ccncc1. The van der Waals surface area contributed by atoms with E-state index in [4.69, 9.17) is 0 Å². The van der Waals surface area contributed by atoms with E-state index in [1.54, 1.807) is 31.5 Å². The number of aromatic nitrogens is 1. The minimum absolute atomic E-state index is 0.0753. The Hall–Kier alpha value is -1.47. The Morgan fingerprint density at radius 1 is 1.29 bits per heavy atom. The molecule has 0 aliphatic rings. The van der Waals surface area contributed by atoms with Gasteiger partial charge in [-0.05, 0) is 64.7 Å². The first kappa shape index (κ1) is 15.9. The molecule has 1 heterocycles. The molecule has 0 radical (unpaired) electrons. The molecule has 0 bridgehead atoms. The summed E-state index contributed by atoms with van der Waals surface area (Å²) in [6.45, 7) is 1.71. The van der Waals surface area contributed by atoms with Crippen LogP contribution in [0.25, 0.3) is 0 Å². The second-order valence-electron chi connectivity index (χ2n) is 4.61. The first-order chi connectivity index (χ1) is 9.87. The molecule has 0 spiro atoms. The van der Waals surface area contributed by atoms with Gasteiger partial charge in [0, 0.05) is 12.4 Å². The number of hydrogen-bond donors (Lipinski definition) is 1. The number of benzene rings is 1. The second kappa shape index (κ2) is 6.53. The number of hydrogen-bond acceptors (Lipinski definition) is 3. The molecule has 112 valence electrons. The summed E-state index contributed by atoms with van der Waals surface area (Å²) in [7, 11) is -3.54. The fraction of sp³-hybridized carbons (Fsp3) is 0.214. The lowest BCUT2D eigenvalue weighted by Gasteiger charge is -2.11. The first-order valence-corrected chi connectivity index (χ1v) is 8.67. The Kier molecular flexibility index (Phi) is 4.95. The molecule has 1 N–H and O–H groups in total. The molecule has 0 aliphatic carbocycles. The van der Waals surface area contributed by atoms with Crippen LogP contribution in [0.2, 0.25) is 0 Å². The van der Waals surface area contributed by atoms with E-state index in [1.165, 1.54) is 12.1 Å². The van der Waals surface area contributed by atoms with Gasteiger partial charge in [-0.2, -0.15) is 0 Å². The Bertz CT molecular complexity index is 736. The van der Waals surface area contributed by atoms with E-state index >= 15 is 0 Å². The Morgan fingerprint density at radius 3 is 2.62 bits per heavy atom. The Labute approximate surface area is 131 Å². The van der Waals surface area contributed by atoms with Crippen molar-refractivity contribution in [3.05, 3.63) is 58.1 Å². The number of anilines is 1. The lowest BCUT2D eigenvalue weighted by atomic mass is 10.2. The fourth-order valence-corrected chi connectivity index (χ4v) is 3.40. The topological polar surface area (TPSA) is 59.1 Å². The number of rotatable bonds is 5. The number of aryl methyl sites for hydroxylation is 2. The maximum absolute atomic E-state index is 13.5. The van der Waals surface area contributed by atoms with Crippen molar-refractivity contribution in [3.8, 4) is 0 Å². The zero-order valence-corrected chi connectivity index (χ0v) is 13.7. The van der Waals surface area contributed by atoms with E-state index in [1.807, 2.05) is 0 Å². The summed E-state index contributed by atoms with van der Waals surface area (Å²) in [6.07, 6.45) is 3.60. The summed E-state index contributed by atoms with van der Waals surface area (Å²) in [5, 5.41) is 0. The van der Waals surface area contributed by atoms with Crippen molar-refractivity contribution in [1.29, 1.82) is 0 Å². The minimum atomic E-state index is -3.54. The Morgan fingerprint density at radius 2 is 1.95 bits per heavy atom. The molecule has 2 aromatic rings. The number of nitrogens with zero attached hydrogens (tertiary/aromatic N) is 1. The molecule has 0 atom stereocenters. The van der Waals surface area contributed by atoms with E-state index in [-0.39, 0.29) is 11.4 Å². The van der Waals surface area contributed by atoms with Crippen molar-refractivity contribution in [1.82, 2.24) is 4.98 Å². The van der Waals surface area contributed by atoms with Gasteiger partial charge < -0.3 is 0 Å². The summed E-state index contributed by atoms with van der Waals surface area (Å²) < 4.78 is 40.3. The van der Waals surface area contributed by atoms with Gasteiger partial charge in [-0.25, -0.2) is 12.8 Å². The molecular formula is C14H14BrFN2O2S. The Balaban J connectivity index is 2.09. The maximum Gasteiger partial charge on any atom is 0.233 e. The largest absolute Gasteiger partial charge is 0.283 e. The molecule has 1 aromatic carbocycles. The number of pyridine rings is 1. The van der Waals surface area contributed by atoms with Crippen LogP contribution in [0.1, 0.15) is 11.1 Å². The normalized spacial score (nSPS) is 11.4. The van der Waals surface area contributed by atoms with E-state index in [9.17, 15) is 12.8 Å². The molecule has 0 amide bonds. The lowest BCUT2D eigenvalue weighted by molar-refractivity contribution is 0.600. The molecule has 7 heteroatoms. The van der Waals surface area contributed by atoms with Crippen molar-refractivity contribution in [2.45, 2.75) is 13.3 Å². The molecule has 0 unspecified atom stereocenters. The van der Waals surface area contributed by atoms with Crippen molar-refractivity contribution >= 4 is 31.6 Å². The van der Waals surface area contributed by atoms with Gasteiger partial charge in [0.05, 0.1) is 15.9 Å². The fourth-order valence-electron chi connectivity index (χ4n) is 1.78. The van der Waals surface area contributed by atoms with E-state index in [0.717, 1.165) is 5.56 Å². The first-order valence-electron chi connectivity index (χ1n) is 6.22. The van der Waals surface area contributed by atoms with Gasteiger partial charge in [-0.15, -0.1) is 0 Å². The van der Waals surface area contributed by atoms with Gasteiger partial charge in [0.2, 0.25) is 10.0 Å². The summed E-state index contributed by atoms with van der Waals surface area (Å²) in [4.78, 5) is 3.88. The summed E-state index contributed by atoms with van der Waals surface area (Å²) in [6, 6.07) is 6.24. The van der Waals surface area contributed by atoms with E-state index in [2.05, 4.69) is 25.6 Å². The van der Waals surface area contributed by atoms with Crippen molar-refractivity contribution in [2.24, 2.45) is 0 Å². The van der Waals surface area contributed by atoms with Crippen LogP contribution in [-0.4, -0.2) is 19.2 Å². The summed E-state index contributed by atoms with van der Waals surface area (Å²) in [5.41, 5.74) is 1.79. The van der Waals surface area contributed by atoms with E-state index < -0.39 is 15.8 Å². The number of nitrogens with one attached hydrogen (secondary N) is 1. The highest BCUT2D eigenvalue weighted by molar-refractivity contribution is 9.10. The molecule has 0 saturated heterocycles. The van der Waals surface area contributed by atoms with Gasteiger partial charge >= 0.3 is 0 Å². The lowest BCUT2D eigenvalue weighted by Crippen LogP contribution is -2.19. The number of halogens is 2. The molecule has 21 heavy (non-hydrogen) atoms.